The molecule has 29 heavy (non-hydrogen) atoms. The van der Waals surface area contributed by atoms with Gasteiger partial charge in [-0.2, -0.15) is 0 Å². The van der Waals surface area contributed by atoms with Gasteiger partial charge >= 0.3 is 0 Å². The largest absolute Gasteiger partial charge is 0.382 e. The second kappa shape index (κ2) is 9.51. The van der Waals surface area contributed by atoms with Gasteiger partial charge in [-0.25, -0.2) is 4.98 Å². The molecule has 7 nitrogen and oxygen atoms in total. The van der Waals surface area contributed by atoms with E-state index in [9.17, 15) is 9.59 Å². The summed E-state index contributed by atoms with van der Waals surface area (Å²) in [5.74, 6) is 0.274. The molecule has 1 N–H and O–H groups in total. The van der Waals surface area contributed by atoms with Gasteiger partial charge in [0.2, 0.25) is 0 Å². The number of anilines is 1. The van der Waals surface area contributed by atoms with Gasteiger partial charge in [0.1, 0.15) is 15.8 Å². The molecule has 1 aliphatic heterocycles. The molecule has 3 heterocycles. The summed E-state index contributed by atoms with van der Waals surface area (Å²) in [5.41, 5.74) is 1.61. The molecule has 0 aromatic carbocycles. The summed E-state index contributed by atoms with van der Waals surface area (Å²) in [5, 5.41) is 3.23. The van der Waals surface area contributed by atoms with Crippen LogP contribution >= 0.6 is 24.0 Å². The molecule has 9 heteroatoms. The van der Waals surface area contributed by atoms with Gasteiger partial charge in [-0.15, -0.1) is 0 Å². The summed E-state index contributed by atoms with van der Waals surface area (Å²) in [6.45, 7) is 8.13. The fraction of sp³-hybridized carbons (Fsp3) is 0.400. The zero-order valence-corrected chi connectivity index (χ0v) is 18.4. The summed E-state index contributed by atoms with van der Waals surface area (Å²) < 4.78 is 7.37. The molecule has 1 fully saturated rings. The molecule has 1 amide bonds. The van der Waals surface area contributed by atoms with E-state index >= 15 is 0 Å². The van der Waals surface area contributed by atoms with E-state index in [1.807, 2.05) is 32.9 Å². The van der Waals surface area contributed by atoms with Crippen molar-refractivity contribution < 1.29 is 9.53 Å². The number of nitrogens with zero attached hydrogens (tertiary/aromatic N) is 3. The number of hydrogen-bond acceptors (Lipinski definition) is 7. The van der Waals surface area contributed by atoms with Crippen molar-refractivity contribution in [2.45, 2.75) is 27.2 Å². The van der Waals surface area contributed by atoms with Crippen molar-refractivity contribution in [3.05, 3.63) is 44.7 Å². The number of thiocarbonyl (C=S) groups is 1. The summed E-state index contributed by atoms with van der Waals surface area (Å²) >= 11 is 6.49. The van der Waals surface area contributed by atoms with Crippen LogP contribution in [0.25, 0.3) is 11.7 Å². The third kappa shape index (κ3) is 4.68. The molecular weight excluding hydrogens is 408 g/mol. The maximum Gasteiger partial charge on any atom is 0.267 e. The second-order valence-corrected chi connectivity index (χ2v) is 8.19. The monoisotopic (exact) mass is 432 g/mol. The molecule has 0 unspecified atom stereocenters. The van der Waals surface area contributed by atoms with Crippen LogP contribution in [0.15, 0.2) is 28.0 Å². The van der Waals surface area contributed by atoms with Crippen molar-refractivity contribution in [3.63, 3.8) is 0 Å². The lowest BCUT2D eigenvalue weighted by Crippen LogP contribution is -2.27. The smallest absolute Gasteiger partial charge is 0.267 e. The molecule has 0 radical (unpaired) electrons. The van der Waals surface area contributed by atoms with E-state index in [1.165, 1.54) is 21.1 Å². The Kier molecular flexibility index (Phi) is 7.05. The Morgan fingerprint density at radius 1 is 1.31 bits per heavy atom. The molecule has 0 saturated carbocycles. The zero-order valence-electron chi connectivity index (χ0n) is 16.7. The molecule has 2 aromatic rings. The molecule has 0 bridgehead atoms. The lowest BCUT2D eigenvalue weighted by atomic mass is 10.2. The molecule has 1 aliphatic rings. The first-order valence-electron chi connectivity index (χ1n) is 9.56. The van der Waals surface area contributed by atoms with Crippen molar-refractivity contribution >= 4 is 51.7 Å². The maximum atomic E-state index is 13.2. The SMILES string of the molecule is CCOCCCNc1nc2ccc(C)cn2c(=O)c1C=C1SC(=S)N(CC)C1=O. The number of fused-ring (bicyclic) bond motifs is 1. The molecule has 2 aromatic heterocycles. The summed E-state index contributed by atoms with van der Waals surface area (Å²) in [4.78, 5) is 32.4. The number of aromatic nitrogens is 2. The average molecular weight is 433 g/mol. The van der Waals surface area contributed by atoms with Gasteiger partial charge in [-0.1, -0.05) is 30.0 Å². The Morgan fingerprint density at radius 2 is 2.10 bits per heavy atom. The predicted octanol–water partition coefficient (Wildman–Crippen LogP) is 3.06. The van der Waals surface area contributed by atoms with E-state index in [0.717, 1.165) is 12.0 Å². The van der Waals surface area contributed by atoms with Crippen LogP contribution in [-0.4, -0.2) is 50.8 Å². The van der Waals surface area contributed by atoms with Crippen molar-refractivity contribution in [2.24, 2.45) is 0 Å². The molecule has 154 valence electrons. The van der Waals surface area contributed by atoms with Crippen molar-refractivity contribution in [1.29, 1.82) is 0 Å². The van der Waals surface area contributed by atoms with Crippen LogP contribution in [0.5, 0.6) is 0 Å². The van der Waals surface area contributed by atoms with Crippen molar-refractivity contribution in [3.8, 4) is 0 Å². The third-order valence-electron chi connectivity index (χ3n) is 4.43. The van der Waals surface area contributed by atoms with E-state index in [-0.39, 0.29) is 11.5 Å². The van der Waals surface area contributed by atoms with Gasteiger partial charge in [0.15, 0.2) is 0 Å². The van der Waals surface area contributed by atoms with Gasteiger partial charge in [0, 0.05) is 32.5 Å². The number of nitrogens with one attached hydrogen (secondary N) is 1. The summed E-state index contributed by atoms with van der Waals surface area (Å²) in [6, 6.07) is 3.72. The van der Waals surface area contributed by atoms with Crippen LogP contribution in [0.3, 0.4) is 0 Å². The first-order valence-corrected chi connectivity index (χ1v) is 10.8. The van der Waals surface area contributed by atoms with Crippen LogP contribution in [-0.2, 0) is 9.53 Å². The maximum absolute atomic E-state index is 13.2. The molecule has 0 atom stereocenters. The number of aryl methyl sites for hydroxylation is 1. The molecule has 1 saturated heterocycles. The van der Waals surface area contributed by atoms with Gasteiger partial charge in [0.05, 0.1) is 10.5 Å². The van der Waals surface area contributed by atoms with Gasteiger partial charge in [-0.3, -0.25) is 18.9 Å². The van der Waals surface area contributed by atoms with E-state index in [0.29, 0.717) is 52.6 Å². The van der Waals surface area contributed by atoms with Crippen molar-refractivity contribution in [2.75, 3.05) is 31.6 Å². The average Bonchev–Trinajstić information content (AvgIpc) is 2.97. The fourth-order valence-electron chi connectivity index (χ4n) is 2.95. The highest BCUT2D eigenvalue weighted by molar-refractivity contribution is 8.26. The van der Waals surface area contributed by atoms with E-state index in [2.05, 4.69) is 10.3 Å². The first kappa shape index (κ1) is 21.5. The number of likely N-dealkylation sites (N-methyl/N-ethyl adjacent to an activating group) is 1. The van der Waals surface area contributed by atoms with Crippen LogP contribution in [0, 0.1) is 6.92 Å². The number of thioether (sulfide) groups is 1. The predicted molar refractivity (Wildman–Crippen MR) is 121 cm³/mol. The Labute approximate surface area is 179 Å². The topological polar surface area (TPSA) is 75.9 Å². The van der Waals surface area contributed by atoms with Crippen LogP contribution < -0.4 is 10.9 Å². The molecule has 3 rings (SSSR count). The first-order chi connectivity index (χ1) is 14.0. The highest BCUT2D eigenvalue weighted by Crippen LogP contribution is 2.32. The normalized spacial score (nSPS) is 15.7. The summed E-state index contributed by atoms with van der Waals surface area (Å²) in [6.07, 6.45) is 4.13. The van der Waals surface area contributed by atoms with Crippen molar-refractivity contribution in [1.82, 2.24) is 14.3 Å². The highest BCUT2D eigenvalue weighted by atomic mass is 32.2. The standard InChI is InChI=1S/C20H24N4O3S2/c1-4-23-19(26)15(29-20(23)28)11-14-17(21-9-6-10-27-5-2)22-16-8-7-13(3)12-24(16)18(14)25/h7-8,11-12,21H,4-6,9-10H2,1-3H3. The number of rotatable bonds is 8. The number of carbonyl (C=O) groups is 1. The number of ether oxygens (including phenoxy) is 1. The number of amides is 1. The number of hydrogen-bond donors (Lipinski definition) is 1. The molecule has 0 spiro atoms. The zero-order chi connectivity index (χ0) is 21.0. The Balaban J connectivity index is 2.03. The highest BCUT2D eigenvalue weighted by Gasteiger charge is 2.31. The Bertz CT molecular complexity index is 1030. The Morgan fingerprint density at radius 3 is 2.79 bits per heavy atom. The number of carbonyl (C=O) groups excluding carboxylic acids is 1. The third-order valence-corrected chi connectivity index (χ3v) is 5.81. The Hall–Kier alpha value is -2.23. The van der Waals surface area contributed by atoms with Gasteiger partial charge in [-0.05, 0) is 44.9 Å². The van der Waals surface area contributed by atoms with Crippen LogP contribution in [0.2, 0.25) is 0 Å². The lowest BCUT2D eigenvalue weighted by molar-refractivity contribution is -0.121. The minimum atomic E-state index is -0.229. The van der Waals surface area contributed by atoms with Gasteiger partial charge < -0.3 is 10.1 Å². The van der Waals surface area contributed by atoms with E-state index in [1.54, 1.807) is 12.3 Å². The van der Waals surface area contributed by atoms with Crippen LogP contribution in [0.4, 0.5) is 5.82 Å². The second-order valence-electron chi connectivity index (χ2n) is 6.52. The minimum absolute atomic E-state index is 0.182. The minimum Gasteiger partial charge on any atom is -0.382 e. The summed E-state index contributed by atoms with van der Waals surface area (Å²) in [7, 11) is 0. The quantitative estimate of drug-likeness (QED) is 0.390. The van der Waals surface area contributed by atoms with E-state index in [4.69, 9.17) is 17.0 Å². The van der Waals surface area contributed by atoms with Crippen LogP contribution in [0.1, 0.15) is 31.4 Å². The molecular formula is C20H24N4O3S2. The lowest BCUT2D eigenvalue weighted by Gasteiger charge is -2.12. The fourth-order valence-corrected chi connectivity index (χ4v) is 4.32. The number of pyridine rings is 1. The molecule has 0 aliphatic carbocycles. The van der Waals surface area contributed by atoms with E-state index < -0.39 is 0 Å². The van der Waals surface area contributed by atoms with Gasteiger partial charge in [0.25, 0.3) is 11.5 Å².